The fourth-order valence-corrected chi connectivity index (χ4v) is 3.54. The van der Waals surface area contributed by atoms with Gasteiger partial charge in [0.05, 0.1) is 5.02 Å². The van der Waals surface area contributed by atoms with Crippen LogP contribution < -0.4 is 5.32 Å². The van der Waals surface area contributed by atoms with E-state index in [0.29, 0.717) is 22.5 Å². The monoisotopic (exact) mass is 376 g/mol. The van der Waals surface area contributed by atoms with Gasteiger partial charge in [-0.15, -0.1) is 0 Å². The quantitative estimate of drug-likeness (QED) is 0.717. The van der Waals surface area contributed by atoms with E-state index in [4.69, 9.17) is 16.9 Å². The number of carbonyl (C=O) groups excluding carboxylic acids is 1. The average molecular weight is 377 g/mol. The maximum atomic E-state index is 12.2. The highest BCUT2D eigenvalue weighted by Gasteiger charge is 2.39. The van der Waals surface area contributed by atoms with Crippen molar-refractivity contribution in [2.45, 2.75) is 20.3 Å². The molecule has 2 heterocycles. The molecule has 0 saturated heterocycles. The van der Waals surface area contributed by atoms with Crippen LogP contribution >= 0.6 is 11.6 Å². The first kappa shape index (κ1) is 17.4. The van der Waals surface area contributed by atoms with E-state index >= 15 is 0 Å². The molecule has 1 aliphatic rings. The Morgan fingerprint density at radius 3 is 2.70 bits per heavy atom. The van der Waals surface area contributed by atoms with Gasteiger partial charge >= 0.3 is 0 Å². The number of aryl methyl sites for hydroxylation is 1. The third kappa shape index (κ3) is 3.36. The molecule has 0 radical (unpaired) electrons. The summed E-state index contributed by atoms with van der Waals surface area (Å²) in [4.78, 5) is 20.7. The second kappa shape index (κ2) is 6.64. The Kier molecular flexibility index (Phi) is 4.29. The predicted molar refractivity (Wildman–Crippen MR) is 105 cm³/mol. The topological polar surface area (TPSA) is 78.7 Å². The summed E-state index contributed by atoms with van der Waals surface area (Å²) >= 11 is 6.46. The molecule has 4 rings (SSSR count). The number of halogens is 1. The summed E-state index contributed by atoms with van der Waals surface area (Å²) in [6.07, 6.45) is 4.29. The Hall–Kier alpha value is -2.97. The molecule has 2 aromatic heterocycles. The summed E-state index contributed by atoms with van der Waals surface area (Å²) < 4.78 is 0. The van der Waals surface area contributed by atoms with E-state index in [1.807, 2.05) is 31.2 Å². The average Bonchev–Trinajstić information content (AvgIpc) is 3.38. The van der Waals surface area contributed by atoms with Gasteiger partial charge < -0.3 is 5.32 Å². The van der Waals surface area contributed by atoms with Crippen molar-refractivity contribution in [1.82, 2.24) is 9.97 Å². The number of nitriles is 1. The number of rotatable bonds is 3. The maximum absolute atomic E-state index is 12.2. The first-order valence-electron chi connectivity index (χ1n) is 8.73. The molecule has 3 aromatic rings. The number of nitrogens with one attached hydrogen (secondary N) is 1. The number of nitrogens with zero attached hydrogens (tertiary/aromatic N) is 3. The largest absolute Gasteiger partial charge is 0.310 e. The fourth-order valence-electron chi connectivity index (χ4n) is 3.26. The van der Waals surface area contributed by atoms with Crippen molar-refractivity contribution in [3.8, 4) is 17.2 Å². The first-order chi connectivity index (χ1) is 13.0. The number of aromatic nitrogens is 2. The van der Waals surface area contributed by atoms with E-state index < -0.39 is 0 Å². The lowest BCUT2D eigenvalue weighted by molar-refractivity contribution is -0.117. The second-order valence-corrected chi connectivity index (χ2v) is 7.46. The summed E-state index contributed by atoms with van der Waals surface area (Å²) in [5.74, 6) is 1.07. The van der Waals surface area contributed by atoms with Crippen molar-refractivity contribution >= 4 is 34.1 Å². The third-order valence-electron chi connectivity index (χ3n) is 5.02. The zero-order chi connectivity index (χ0) is 19.1. The Morgan fingerprint density at radius 1 is 1.26 bits per heavy atom. The molecular weight excluding hydrogens is 360 g/mol. The molecule has 1 fully saturated rings. The molecule has 1 aliphatic carbocycles. The van der Waals surface area contributed by atoms with Crippen molar-refractivity contribution in [1.29, 1.82) is 5.26 Å². The van der Waals surface area contributed by atoms with Crippen molar-refractivity contribution in [3.05, 3.63) is 52.9 Å². The van der Waals surface area contributed by atoms with Gasteiger partial charge in [-0.05, 0) is 60.0 Å². The van der Waals surface area contributed by atoms with Gasteiger partial charge in [-0.1, -0.05) is 18.5 Å². The molecule has 5 nitrogen and oxygen atoms in total. The fraction of sp³-hybridized carbons (Fsp3) is 0.238. The lowest BCUT2D eigenvalue weighted by atomic mass is 9.99. The smallest absolute Gasteiger partial charge is 0.228 e. The first-order valence-corrected chi connectivity index (χ1v) is 9.11. The van der Waals surface area contributed by atoms with E-state index in [2.05, 4.69) is 22.2 Å². The van der Waals surface area contributed by atoms with Gasteiger partial charge in [-0.2, -0.15) is 5.26 Å². The number of amides is 1. The minimum Gasteiger partial charge on any atom is -0.310 e. The summed E-state index contributed by atoms with van der Waals surface area (Å²) in [5.41, 5.74) is 3.14. The summed E-state index contributed by atoms with van der Waals surface area (Å²) in [6.45, 7) is 4.00. The van der Waals surface area contributed by atoms with Crippen LogP contribution in [-0.2, 0) is 4.79 Å². The SMILES string of the molecule is Cc1cc(C#N)ncc1-c1cc(Cl)c2cnc(NC(=O)[C@@H]3C[C@H]3C)cc2c1. The summed E-state index contributed by atoms with van der Waals surface area (Å²) in [6, 6.07) is 9.49. The van der Waals surface area contributed by atoms with Crippen LogP contribution in [0, 0.1) is 30.1 Å². The molecule has 0 spiro atoms. The van der Waals surface area contributed by atoms with Crippen molar-refractivity contribution in [2.24, 2.45) is 11.8 Å². The Bertz CT molecular complexity index is 1120. The molecule has 0 aliphatic heterocycles. The third-order valence-corrected chi connectivity index (χ3v) is 5.33. The molecule has 27 heavy (non-hydrogen) atoms. The Balaban J connectivity index is 1.73. The van der Waals surface area contributed by atoms with E-state index in [9.17, 15) is 4.79 Å². The minimum absolute atomic E-state index is 0.0174. The molecular formula is C21H17ClN4O. The number of benzene rings is 1. The molecule has 0 bridgehead atoms. The molecule has 1 amide bonds. The molecule has 1 N–H and O–H groups in total. The van der Waals surface area contributed by atoms with E-state index in [1.165, 1.54) is 0 Å². The zero-order valence-corrected chi connectivity index (χ0v) is 15.7. The van der Waals surface area contributed by atoms with Gasteiger partial charge in [0.1, 0.15) is 17.6 Å². The van der Waals surface area contributed by atoms with E-state index in [-0.39, 0.29) is 11.8 Å². The number of hydrogen-bond acceptors (Lipinski definition) is 4. The number of carbonyl (C=O) groups is 1. The van der Waals surface area contributed by atoms with Crippen LogP contribution in [0.2, 0.25) is 5.02 Å². The van der Waals surface area contributed by atoms with E-state index in [0.717, 1.165) is 33.9 Å². The van der Waals surface area contributed by atoms with Crippen LogP contribution in [0.15, 0.2) is 36.7 Å². The highest BCUT2D eigenvalue weighted by atomic mass is 35.5. The van der Waals surface area contributed by atoms with Gasteiger partial charge in [0.25, 0.3) is 0 Å². The van der Waals surface area contributed by atoms with Crippen LogP contribution in [0.5, 0.6) is 0 Å². The molecule has 6 heteroatoms. The van der Waals surface area contributed by atoms with E-state index in [1.54, 1.807) is 18.5 Å². The Labute approximate surface area is 162 Å². The van der Waals surface area contributed by atoms with Crippen LogP contribution in [-0.4, -0.2) is 15.9 Å². The Morgan fingerprint density at radius 2 is 2.04 bits per heavy atom. The predicted octanol–water partition coefficient (Wildman–Crippen LogP) is 4.72. The number of anilines is 1. The minimum atomic E-state index is 0.0174. The summed E-state index contributed by atoms with van der Waals surface area (Å²) in [7, 11) is 0. The number of fused-ring (bicyclic) bond motifs is 1. The second-order valence-electron chi connectivity index (χ2n) is 7.05. The van der Waals surface area contributed by atoms with Gasteiger partial charge in [-0.25, -0.2) is 9.97 Å². The molecule has 1 aromatic carbocycles. The standard InChI is InChI=1S/C21H17ClN4O/c1-11-3-15(8-23)24-9-17(11)13-5-14-7-20(25-10-18(14)19(22)6-13)26-21(27)16-4-12(16)2/h3,5-7,9-10,12,16H,4H2,1-2H3,(H,25,26,27)/t12-,16-/m1/s1. The van der Waals surface area contributed by atoms with Crippen LogP contribution in [0.25, 0.3) is 21.9 Å². The van der Waals surface area contributed by atoms with Crippen LogP contribution in [0.1, 0.15) is 24.6 Å². The zero-order valence-electron chi connectivity index (χ0n) is 15.0. The highest BCUT2D eigenvalue weighted by Crippen LogP contribution is 2.38. The van der Waals surface area contributed by atoms with Gasteiger partial charge in [0.15, 0.2) is 0 Å². The van der Waals surface area contributed by atoms with Crippen molar-refractivity contribution in [3.63, 3.8) is 0 Å². The van der Waals surface area contributed by atoms with Gasteiger partial charge in [0, 0.05) is 29.3 Å². The number of hydrogen-bond donors (Lipinski definition) is 1. The maximum Gasteiger partial charge on any atom is 0.228 e. The summed E-state index contributed by atoms with van der Waals surface area (Å²) in [5, 5.41) is 14.2. The normalized spacial score (nSPS) is 18.1. The number of pyridine rings is 2. The van der Waals surface area contributed by atoms with Crippen LogP contribution in [0.3, 0.4) is 0 Å². The van der Waals surface area contributed by atoms with Gasteiger partial charge in [0.2, 0.25) is 5.91 Å². The van der Waals surface area contributed by atoms with Crippen LogP contribution in [0.4, 0.5) is 5.82 Å². The van der Waals surface area contributed by atoms with Gasteiger partial charge in [-0.3, -0.25) is 4.79 Å². The van der Waals surface area contributed by atoms with Crippen molar-refractivity contribution < 1.29 is 4.79 Å². The van der Waals surface area contributed by atoms with Crippen molar-refractivity contribution in [2.75, 3.05) is 5.32 Å². The molecule has 0 unspecified atom stereocenters. The highest BCUT2D eigenvalue weighted by molar-refractivity contribution is 6.36. The molecule has 2 atom stereocenters. The molecule has 134 valence electrons. The molecule has 1 saturated carbocycles. The lowest BCUT2D eigenvalue weighted by Crippen LogP contribution is -2.15. The lowest BCUT2D eigenvalue weighted by Gasteiger charge is -2.10.